The number of nitrogens with zero attached hydrogens (tertiary/aromatic N) is 2. The Kier molecular flexibility index (Phi) is 3.92. The molecule has 0 unspecified atom stereocenters. The highest BCUT2D eigenvalue weighted by Gasteiger charge is 2.10. The van der Waals surface area contributed by atoms with Crippen LogP contribution in [0.3, 0.4) is 0 Å². The lowest BCUT2D eigenvalue weighted by Gasteiger charge is -2.26. The molecule has 1 saturated heterocycles. The first kappa shape index (κ1) is 11.1. The van der Waals surface area contributed by atoms with E-state index >= 15 is 0 Å². The summed E-state index contributed by atoms with van der Waals surface area (Å²) in [6, 6.07) is 8.34. The van der Waals surface area contributed by atoms with E-state index in [2.05, 4.69) is 21.9 Å². The number of rotatable bonds is 3. The third-order valence-electron chi connectivity index (χ3n) is 2.79. The molecule has 2 rings (SSSR count). The maximum absolute atomic E-state index is 6.80. The van der Waals surface area contributed by atoms with Gasteiger partial charge in [-0.1, -0.05) is 24.3 Å². The fourth-order valence-electron chi connectivity index (χ4n) is 1.86. The summed E-state index contributed by atoms with van der Waals surface area (Å²) in [7, 11) is 0. The molecule has 1 heterocycles. The van der Waals surface area contributed by atoms with Gasteiger partial charge in [0.25, 0.3) is 0 Å². The Labute approximate surface area is 96.5 Å². The van der Waals surface area contributed by atoms with E-state index in [1.54, 1.807) is 0 Å². The van der Waals surface area contributed by atoms with Crippen molar-refractivity contribution >= 4 is 0 Å². The van der Waals surface area contributed by atoms with E-state index < -0.39 is 0 Å². The van der Waals surface area contributed by atoms with Crippen molar-refractivity contribution in [2.24, 2.45) is 0 Å². The molecule has 1 aliphatic rings. The van der Waals surface area contributed by atoms with Gasteiger partial charge in [0.05, 0.1) is 13.2 Å². The zero-order valence-corrected chi connectivity index (χ0v) is 9.35. The first-order valence-corrected chi connectivity index (χ1v) is 5.59. The SMILES string of the molecule is [C-]#[N+]Cc1ccc(CN2CCOCC2)cc1. The standard InChI is InChI=1S/C13H16N2O/c1-14-10-12-2-4-13(5-3-12)11-15-6-8-16-9-7-15/h2-5H,6-11H2. The average molecular weight is 216 g/mol. The predicted octanol–water partition coefficient (Wildman–Crippen LogP) is 1.94. The highest BCUT2D eigenvalue weighted by molar-refractivity contribution is 5.23. The van der Waals surface area contributed by atoms with Crippen molar-refractivity contribution in [3.8, 4) is 0 Å². The Balaban J connectivity index is 1.91. The molecule has 1 fully saturated rings. The normalized spacial score (nSPS) is 16.9. The Hall–Kier alpha value is -1.37. The van der Waals surface area contributed by atoms with Crippen LogP contribution in [0.1, 0.15) is 11.1 Å². The molecule has 1 aliphatic heterocycles. The fourth-order valence-corrected chi connectivity index (χ4v) is 1.86. The monoisotopic (exact) mass is 216 g/mol. The third-order valence-corrected chi connectivity index (χ3v) is 2.79. The van der Waals surface area contributed by atoms with E-state index in [-0.39, 0.29) is 0 Å². The molecule has 3 nitrogen and oxygen atoms in total. The lowest BCUT2D eigenvalue weighted by atomic mass is 10.1. The topological polar surface area (TPSA) is 16.8 Å². The average Bonchev–Trinajstić information content (AvgIpc) is 2.33. The van der Waals surface area contributed by atoms with E-state index in [9.17, 15) is 0 Å². The van der Waals surface area contributed by atoms with Gasteiger partial charge >= 0.3 is 0 Å². The molecule has 0 aliphatic carbocycles. The molecule has 0 saturated carbocycles. The number of ether oxygens (including phenoxy) is 1. The maximum atomic E-state index is 6.80. The number of hydrogen-bond donors (Lipinski definition) is 0. The second-order valence-corrected chi connectivity index (χ2v) is 4.02. The molecular weight excluding hydrogens is 200 g/mol. The van der Waals surface area contributed by atoms with Crippen molar-refractivity contribution in [1.29, 1.82) is 0 Å². The third kappa shape index (κ3) is 3.06. The highest BCUT2D eigenvalue weighted by atomic mass is 16.5. The van der Waals surface area contributed by atoms with Crippen molar-refractivity contribution < 1.29 is 4.74 Å². The van der Waals surface area contributed by atoms with Crippen molar-refractivity contribution in [2.75, 3.05) is 26.3 Å². The smallest absolute Gasteiger partial charge is 0.239 e. The van der Waals surface area contributed by atoms with Crippen LogP contribution < -0.4 is 0 Å². The van der Waals surface area contributed by atoms with Gasteiger partial charge in [0, 0.05) is 25.2 Å². The Bertz CT molecular complexity index is 361. The van der Waals surface area contributed by atoms with Crippen LogP contribution in [0, 0.1) is 6.57 Å². The fraction of sp³-hybridized carbons (Fsp3) is 0.462. The van der Waals surface area contributed by atoms with Crippen LogP contribution in [0.5, 0.6) is 0 Å². The maximum Gasteiger partial charge on any atom is 0.239 e. The van der Waals surface area contributed by atoms with Crippen molar-refractivity contribution in [1.82, 2.24) is 4.90 Å². The zero-order chi connectivity index (χ0) is 11.2. The molecule has 16 heavy (non-hydrogen) atoms. The molecule has 0 radical (unpaired) electrons. The molecule has 3 heteroatoms. The van der Waals surface area contributed by atoms with E-state index in [1.807, 2.05) is 12.1 Å². The van der Waals surface area contributed by atoms with Gasteiger partial charge in [0.1, 0.15) is 0 Å². The lowest BCUT2D eigenvalue weighted by Crippen LogP contribution is -2.35. The van der Waals surface area contributed by atoms with Crippen LogP contribution in [0.4, 0.5) is 0 Å². The largest absolute Gasteiger partial charge is 0.379 e. The van der Waals surface area contributed by atoms with Gasteiger partial charge in [0.2, 0.25) is 6.54 Å². The van der Waals surface area contributed by atoms with Gasteiger partial charge in [-0.25, -0.2) is 6.57 Å². The van der Waals surface area contributed by atoms with Gasteiger partial charge in [0.15, 0.2) is 0 Å². The quantitative estimate of drug-likeness (QED) is 0.718. The summed E-state index contributed by atoms with van der Waals surface area (Å²) in [4.78, 5) is 5.77. The Morgan fingerprint density at radius 1 is 1.12 bits per heavy atom. The second-order valence-electron chi connectivity index (χ2n) is 4.02. The van der Waals surface area contributed by atoms with Crippen molar-refractivity contribution in [2.45, 2.75) is 13.1 Å². The second kappa shape index (κ2) is 5.64. The van der Waals surface area contributed by atoms with Gasteiger partial charge < -0.3 is 9.58 Å². The van der Waals surface area contributed by atoms with E-state index in [1.165, 1.54) is 5.56 Å². The first-order chi connectivity index (χ1) is 7.88. The molecule has 0 amide bonds. The summed E-state index contributed by atoms with van der Waals surface area (Å²) in [6.07, 6.45) is 0. The van der Waals surface area contributed by atoms with Gasteiger partial charge in [-0.15, -0.1) is 0 Å². The van der Waals surface area contributed by atoms with Crippen LogP contribution in [0.15, 0.2) is 24.3 Å². The molecule has 84 valence electrons. The van der Waals surface area contributed by atoms with Crippen LogP contribution in [0.25, 0.3) is 4.85 Å². The summed E-state index contributed by atoms with van der Waals surface area (Å²) in [6.45, 7) is 12.0. The molecule has 1 aromatic rings. The summed E-state index contributed by atoms with van der Waals surface area (Å²) in [5.41, 5.74) is 2.41. The van der Waals surface area contributed by atoms with Gasteiger partial charge in [-0.05, 0) is 5.56 Å². The Morgan fingerprint density at radius 2 is 1.75 bits per heavy atom. The van der Waals surface area contributed by atoms with Gasteiger partial charge in [-0.3, -0.25) is 4.90 Å². The summed E-state index contributed by atoms with van der Waals surface area (Å²) >= 11 is 0. The molecule has 0 atom stereocenters. The van der Waals surface area contributed by atoms with Crippen molar-refractivity contribution in [3.63, 3.8) is 0 Å². The molecule has 0 aromatic heterocycles. The summed E-state index contributed by atoms with van der Waals surface area (Å²) in [5.74, 6) is 0. The molecule has 0 N–H and O–H groups in total. The molecule has 0 spiro atoms. The minimum Gasteiger partial charge on any atom is -0.379 e. The number of hydrogen-bond acceptors (Lipinski definition) is 2. The van der Waals surface area contributed by atoms with Gasteiger partial charge in [-0.2, -0.15) is 0 Å². The van der Waals surface area contributed by atoms with Crippen LogP contribution in [-0.2, 0) is 17.8 Å². The summed E-state index contributed by atoms with van der Waals surface area (Å²) in [5, 5.41) is 0. The highest BCUT2D eigenvalue weighted by Crippen LogP contribution is 2.09. The number of morpholine rings is 1. The van der Waals surface area contributed by atoms with Crippen LogP contribution >= 0.6 is 0 Å². The predicted molar refractivity (Wildman–Crippen MR) is 62.8 cm³/mol. The molecular formula is C13H16N2O. The lowest BCUT2D eigenvalue weighted by molar-refractivity contribution is 0.0342. The molecule has 0 bridgehead atoms. The Morgan fingerprint density at radius 3 is 2.38 bits per heavy atom. The van der Waals surface area contributed by atoms with E-state index in [0.29, 0.717) is 6.54 Å². The first-order valence-electron chi connectivity index (χ1n) is 5.59. The van der Waals surface area contributed by atoms with E-state index in [0.717, 1.165) is 38.4 Å². The summed E-state index contributed by atoms with van der Waals surface area (Å²) < 4.78 is 5.31. The minimum absolute atomic E-state index is 0.484. The zero-order valence-electron chi connectivity index (χ0n) is 9.35. The van der Waals surface area contributed by atoms with Crippen molar-refractivity contribution in [3.05, 3.63) is 46.8 Å². The minimum atomic E-state index is 0.484. The number of benzene rings is 1. The van der Waals surface area contributed by atoms with Crippen LogP contribution in [0.2, 0.25) is 0 Å². The van der Waals surface area contributed by atoms with E-state index in [4.69, 9.17) is 11.3 Å². The molecule has 1 aromatic carbocycles. The van der Waals surface area contributed by atoms with Crippen LogP contribution in [-0.4, -0.2) is 31.2 Å².